The summed E-state index contributed by atoms with van der Waals surface area (Å²) in [6.45, 7) is 2.05. The number of carboxylic acid groups (broad SMARTS) is 4. The minimum atomic E-state index is -1.51. The van der Waals surface area contributed by atoms with Crippen LogP contribution in [-0.2, 0) is 4.79 Å². The predicted octanol–water partition coefficient (Wildman–Crippen LogP) is 7.20. The van der Waals surface area contributed by atoms with Crippen molar-refractivity contribution in [1.82, 2.24) is 0 Å². The molecule has 0 heterocycles. The van der Waals surface area contributed by atoms with Gasteiger partial charge in [-0.1, -0.05) is 18.2 Å². The largest absolute Gasteiger partial charge is 0.494 e. The standard InChI is InChI=1S/C41H28N2O12/c1-2-54-21-7-3-19(4-8-21)42-31(44)18-55-22-9-5-20(6-10-22)43-37(45)29-17-30(41(52)53)35-28(40(50)51)15-12-24-23-11-14-26(38(46)47)34-27(39(48)49)16-13-25(32(23)34)33(29)36(24)35/h3-17H,2,18H2,1H3,(H,42,44)(H,43,45)(H,46,47)(H,48,49)(H,50,51)(H,52,53). The number of ether oxygens (including phenoxy) is 2. The van der Waals surface area contributed by atoms with Gasteiger partial charge in [0.05, 0.1) is 28.9 Å². The van der Waals surface area contributed by atoms with Gasteiger partial charge < -0.3 is 40.5 Å². The third kappa shape index (κ3) is 6.37. The maximum Gasteiger partial charge on any atom is 0.336 e. The van der Waals surface area contributed by atoms with Crippen LogP contribution in [0.3, 0.4) is 0 Å². The Bertz CT molecular complexity index is 2740. The van der Waals surface area contributed by atoms with Crippen LogP contribution < -0.4 is 20.1 Å². The molecule has 0 fully saturated rings. The number of rotatable bonds is 12. The van der Waals surface area contributed by atoms with Crippen molar-refractivity contribution in [3.8, 4) is 11.5 Å². The molecule has 0 aliphatic heterocycles. The lowest BCUT2D eigenvalue weighted by molar-refractivity contribution is -0.118. The van der Waals surface area contributed by atoms with Crippen molar-refractivity contribution in [2.75, 3.05) is 23.8 Å². The van der Waals surface area contributed by atoms with E-state index in [9.17, 15) is 49.2 Å². The number of carboxylic acids is 4. The van der Waals surface area contributed by atoms with Crippen LogP contribution in [0, 0.1) is 0 Å². The fourth-order valence-corrected chi connectivity index (χ4v) is 6.86. The molecule has 0 unspecified atom stereocenters. The minimum absolute atomic E-state index is 0.0890. The minimum Gasteiger partial charge on any atom is -0.494 e. The van der Waals surface area contributed by atoms with Gasteiger partial charge in [0.1, 0.15) is 11.5 Å². The number of hydrogen-bond donors (Lipinski definition) is 6. The first-order chi connectivity index (χ1) is 26.4. The molecule has 7 rings (SSSR count). The highest BCUT2D eigenvalue weighted by Gasteiger charge is 2.29. The van der Waals surface area contributed by atoms with Crippen molar-refractivity contribution >= 4 is 90.2 Å². The fraction of sp³-hybridized carbons (Fsp3) is 0.0732. The topological polar surface area (TPSA) is 226 Å². The van der Waals surface area contributed by atoms with E-state index in [2.05, 4.69) is 10.6 Å². The normalized spacial score (nSPS) is 11.1. The molecule has 0 atom stereocenters. The lowest BCUT2D eigenvalue weighted by atomic mass is 9.82. The maximum absolute atomic E-state index is 14.2. The van der Waals surface area contributed by atoms with Crippen LogP contribution in [0.2, 0.25) is 0 Å². The zero-order valence-electron chi connectivity index (χ0n) is 28.6. The van der Waals surface area contributed by atoms with Gasteiger partial charge >= 0.3 is 23.9 Å². The second-order valence-electron chi connectivity index (χ2n) is 12.3. The molecule has 6 N–H and O–H groups in total. The fourth-order valence-electron chi connectivity index (χ4n) is 6.86. The quantitative estimate of drug-likeness (QED) is 0.0540. The molecule has 0 bridgehead atoms. The summed E-state index contributed by atoms with van der Waals surface area (Å²) in [4.78, 5) is 76.5. The first-order valence-electron chi connectivity index (χ1n) is 16.6. The maximum atomic E-state index is 14.2. The van der Waals surface area contributed by atoms with E-state index in [-0.39, 0.29) is 72.3 Å². The monoisotopic (exact) mass is 740 g/mol. The summed E-state index contributed by atoms with van der Waals surface area (Å²) in [5.41, 5.74) is -0.861. The van der Waals surface area contributed by atoms with Gasteiger partial charge in [-0.05, 0) is 107 Å². The molecular formula is C41H28N2O12. The number of fused-ring (bicyclic) bond motifs is 2. The molecule has 274 valence electrons. The zero-order valence-corrected chi connectivity index (χ0v) is 28.6. The second-order valence-corrected chi connectivity index (χ2v) is 12.3. The van der Waals surface area contributed by atoms with Crippen LogP contribution in [0.1, 0.15) is 58.7 Å². The van der Waals surface area contributed by atoms with Gasteiger partial charge in [0.2, 0.25) is 0 Å². The number of nitrogens with one attached hydrogen (secondary N) is 2. The van der Waals surface area contributed by atoms with Crippen LogP contribution in [0.5, 0.6) is 11.5 Å². The molecule has 7 aromatic rings. The highest BCUT2D eigenvalue weighted by Crippen LogP contribution is 2.45. The molecule has 0 aromatic heterocycles. The molecule has 0 saturated heterocycles. The molecule has 14 heteroatoms. The molecule has 0 radical (unpaired) electrons. The van der Waals surface area contributed by atoms with E-state index in [0.29, 0.717) is 29.2 Å². The van der Waals surface area contributed by atoms with E-state index in [1.807, 2.05) is 6.92 Å². The third-order valence-corrected chi connectivity index (χ3v) is 9.10. The number of carbonyl (C=O) groups is 6. The average molecular weight is 741 g/mol. The summed E-state index contributed by atoms with van der Waals surface area (Å²) in [7, 11) is 0. The Labute approximate surface area is 309 Å². The molecule has 7 aromatic carbocycles. The second kappa shape index (κ2) is 14.0. The van der Waals surface area contributed by atoms with Gasteiger partial charge in [-0.2, -0.15) is 0 Å². The van der Waals surface area contributed by atoms with Crippen molar-refractivity contribution in [3.05, 3.63) is 119 Å². The van der Waals surface area contributed by atoms with E-state index in [1.165, 1.54) is 60.7 Å². The van der Waals surface area contributed by atoms with Gasteiger partial charge in [-0.25, -0.2) is 19.2 Å². The Balaban J connectivity index is 1.29. The lowest BCUT2D eigenvalue weighted by Crippen LogP contribution is -2.20. The number of benzene rings is 7. The number of hydrogen-bond acceptors (Lipinski definition) is 8. The van der Waals surface area contributed by atoms with Crippen molar-refractivity contribution in [2.45, 2.75) is 6.92 Å². The van der Waals surface area contributed by atoms with Crippen LogP contribution in [0.4, 0.5) is 11.4 Å². The SMILES string of the molecule is CCOc1ccc(NC(=O)COc2ccc(NC(=O)c3cc(C(=O)O)c4c(C(=O)O)ccc5c6ccc(C(=O)O)c7c(C(=O)O)ccc(c3c45)c76)cc2)cc1. The smallest absolute Gasteiger partial charge is 0.336 e. The van der Waals surface area contributed by atoms with Crippen LogP contribution in [0.15, 0.2) is 91.0 Å². The van der Waals surface area contributed by atoms with Crippen molar-refractivity contribution in [1.29, 1.82) is 0 Å². The molecule has 2 amide bonds. The van der Waals surface area contributed by atoms with E-state index < -0.39 is 41.3 Å². The molecule has 55 heavy (non-hydrogen) atoms. The van der Waals surface area contributed by atoms with Crippen molar-refractivity contribution < 1.29 is 58.7 Å². The summed E-state index contributed by atoms with van der Waals surface area (Å²) in [5.74, 6) is -6.00. The third-order valence-electron chi connectivity index (χ3n) is 9.10. The van der Waals surface area contributed by atoms with Crippen LogP contribution in [-0.4, -0.2) is 69.3 Å². The Hall–Kier alpha value is -7.74. The van der Waals surface area contributed by atoms with Gasteiger partial charge in [-0.15, -0.1) is 0 Å². The Morgan fingerprint density at radius 3 is 1.44 bits per heavy atom. The van der Waals surface area contributed by atoms with Gasteiger partial charge in [-0.3, -0.25) is 9.59 Å². The Morgan fingerprint density at radius 1 is 0.473 bits per heavy atom. The highest BCUT2D eigenvalue weighted by molar-refractivity contribution is 6.40. The summed E-state index contributed by atoms with van der Waals surface area (Å²) in [5, 5.41) is 46.9. The number of amides is 2. The summed E-state index contributed by atoms with van der Waals surface area (Å²) in [6.07, 6.45) is 0. The van der Waals surface area contributed by atoms with Crippen LogP contribution >= 0.6 is 0 Å². The van der Waals surface area contributed by atoms with E-state index >= 15 is 0 Å². The van der Waals surface area contributed by atoms with Gasteiger partial charge in [0.25, 0.3) is 11.8 Å². The first-order valence-corrected chi connectivity index (χ1v) is 16.6. The first kappa shape index (κ1) is 35.7. The summed E-state index contributed by atoms with van der Waals surface area (Å²) >= 11 is 0. The average Bonchev–Trinajstić information content (AvgIpc) is 3.16. The Morgan fingerprint density at radius 2 is 0.927 bits per heavy atom. The number of aromatic carboxylic acids is 4. The molecule has 0 aliphatic carbocycles. The molecule has 0 saturated carbocycles. The van der Waals surface area contributed by atoms with Gasteiger partial charge in [0, 0.05) is 33.1 Å². The predicted molar refractivity (Wildman–Crippen MR) is 202 cm³/mol. The molecule has 0 spiro atoms. The van der Waals surface area contributed by atoms with E-state index in [1.54, 1.807) is 24.3 Å². The molecule has 14 nitrogen and oxygen atoms in total. The van der Waals surface area contributed by atoms with E-state index in [4.69, 9.17) is 9.47 Å². The zero-order chi connectivity index (χ0) is 39.1. The summed E-state index contributed by atoms with van der Waals surface area (Å²) < 4.78 is 11.0. The molecule has 0 aliphatic rings. The lowest BCUT2D eigenvalue weighted by Gasteiger charge is -2.21. The van der Waals surface area contributed by atoms with Crippen molar-refractivity contribution in [3.63, 3.8) is 0 Å². The Kier molecular flexibility index (Phi) is 9.08. The van der Waals surface area contributed by atoms with E-state index in [0.717, 1.165) is 6.07 Å². The van der Waals surface area contributed by atoms with Crippen LogP contribution in [0.25, 0.3) is 43.1 Å². The highest BCUT2D eigenvalue weighted by atomic mass is 16.5. The summed E-state index contributed by atoms with van der Waals surface area (Å²) in [6, 6.07) is 21.8. The molecular weight excluding hydrogens is 712 g/mol. The number of anilines is 2. The number of carbonyl (C=O) groups excluding carboxylic acids is 2. The van der Waals surface area contributed by atoms with Gasteiger partial charge in [0.15, 0.2) is 6.61 Å². The van der Waals surface area contributed by atoms with Crippen molar-refractivity contribution in [2.24, 2.45) is 0 Å².